The standard InChI is InChI=1S/C26H29N9O4/c1-37-22-14-19(10-11-21(22)38-17-18-8-4-2-5-9-18)15-28-30-26(36)23-20(16-34-12-6-3-7-13-34)29-33-35(23)25-24(27)31-39-32-25/h2,4-5,8-11,14-15H,3,6-7,12-13,16-17H2,1H3,(H2,27,31)(H,30,36)/b28-15+. The first kappa shape index (κ1) is 25.9. The number of nitrogens with two attached hydrogens (primary N) is 1. The van der Waals surface area contributed by atoms with E-state index in [4.69, 9.17) is 19.8 Å². The number of likely N-dealkylation sites (tertiary alicyclic amines) is 1. The monoisotopic (exact) mass is 531 g/mol. The molecule has 4 aromatic rings. The Morgan fingerprint density at radius 2 is 1.95 bits per heavy atom. The minimum Gasteiger partial charge on any atom is -0.493 e. The van der Waals surface area contributed by atoms with E-state index in [9.17, 15) is 4.79 Å². The van der Waals surface area contributed by atoms with Gasteiger partial charge in [0.25, 0.3) is 5.91 Å². The zero-order chi connectivity index (χ0) is 27.0. The molecule has 1 amide bonds. The normalized spacial score (nSPS) is 14.0. The molecule has 202 valence electrons. The van der Waals surface area contributed by atoms with Crippen LogP contribution in [-0.4, -0.2) is 62.5 Å². The quantitative estimate of drug-likeness (QED) is 0.230. The Bertz CT molecular complexity index is 1430. The number of hydrazone groups is 1. The number of carbonyl (C=O) groups is 1. The van der Waals surface area contributed by atoms with Gasteiger partial charge in [-0.2, -0.15) is 9.78 Å². The lowest BCUT2D eigenvalue weighted by molar-refractivity contribution is 0.0944. The first-order valence-corrected chi connectivity index (χ1v) is 12.6. The van der Waals surface area contributed by atoms with Crippen molar-refractivity contribution in [2.75, 3.05) is 25.9 Å². The third-order valence-electron chi connectivity index (χ3n) is 6.28. The van der Waals surface area contributed by atoms with Gasteiger partial charge in [-0.05, 0) is 65.6 Å². The molecule has 0 radical (unpaired) electrons. The van der Waals surface area contributed by atoms with Crippen LogP contribution < -0.4 is 20.6 Å². The minimum absolute atomic E-state index is 0.0105. The van der Waals surface area contributed by atoms with Crippen molar-refractivity contribution in [1.29, 1.82) is 0 Å². The second-order valence-corrected chi connectivity index (χ2v) is 8.99. The molecule has 13 nitrogen and oxygen atoms in total. The second-order valence-electron chi connectivity index (χ2n) is 8.99. The summed E-state index contributed by atoms with van der Waals surface area (Å²) in [6.07, 6.45) is 4.89. The van der Waals surface area contributed by atoms with Gasteiger partial charge >= 0.3 is 0 Å². The van der Waals surface area contributed by atoms with Gasteiger partial charge in [-0.3, -0.25) is 9.69 Å². The molecule has 3 N–H and O–H groups in total. The maximum Gasteiger partial charge on any atom is 0.292 e. The molecule has 13 heteroatoms. The number of nitrogen functional groups attached to an aromatic ring is 1. The van der Waals surface area contributed by atoms with E-state index in [2.05, 4.69) is 36.1 Å². The van der Waals surface area contributed by atoms with E-state index in [1.807, 2.05) is 36.4 Å². The van der Waals surface area contributed by atoms with Gasteiger partial charge in [-0.25, -0.2) is 10.1 Å². The van der Waals surface area contributed by atoms with Crippen LogP contribution in [0.3, 0.4) is 0 Å². The van der Waals surface area contributed by atoms with Crippen molar-refractivity contribution in [3.05, 3.63) is 71.0 Å². The van der Waals surface area contributed by atoms with Crippen LogP contribution in [0.1, 0.15) is 46.6 Å². The lowest BCUT2D eigenvalue weighted by atomic mass is 10.1. The number of aromatic nitrogens is 5. The Hall–Kier alpha value is -4.78. The Labute approximate surface area is 224 Å². The summed E-state index contributed by atoms with van der Waals surface area (Å²) in [7, 11) is 1.57. The molecule has 0 bridgehead atoms. The van der Waals surface area contributed by atoms with Gasteiger partial charge in [0.1, 0.15) is 12.3 Å². The number of piperidine rings is 1. The number of anilines is 1. The molecule has 1 fully saturated rings. The summed E-state index contributed by atoms with van der Waals surface area (Å²) in [5.41, 5.74) is 10.8. The van der Waals surface area contributed by atoms with E-state index < -0.39 is 5.91 Å². The van der Waals surface area contributed by atoms with E-state index in [1.54, 1.807) is 19.2 Å². The molecule has 2 aromatic heterocycles. The summed E-state index contributed by atoms with van der Waals surface area (Å²) < 4.78 is 17.3. The first-order chi connectivity index (χ1) is 19.1. The summed E-state index contributed by atoms with van der Waals surface area (Å²) in [4.78, 5) is 15.5. The van der Waals surface area contributed by atoms with Crippen LogP contribution in [0.5, 0.6) is 11.5 Å². The van der Waals surface area contributed by atoms with Crippen molar-refractivity contribution in [2.45, 2.75) is 32.4 Å². The lowest BCUT2D eigenvalue weighted by Crippen LogP contribution is -2.31. The zero-order valence-electron chi connectivity index (χ0n) is 21.5. The van der Waals surface area contributed by atoms with E-state index in [0.29, 0.717) is 35.9 Å². The molecule has 0 saturated carbocycles. The Balaban J connectivity index is 1.30. The van der Waals surface area contributed by atoms with Crippen molar-refractivity contribution < 1.29 is 18.9 Å². The number of carbonyl (C=O) groups excluding carboxylic acids is 1. The largest absolute Gasteiger partial charge is 0.493 e. The summed E-state index contributed by atoms with van der Waals surface area (Å²) in [6.45, 7) is 2.71. The summed E-state index contributed by atoms with van der Waals surface area (Å²) >= 11 is 0. The molecule has 1 aliphatic rings. The van der Waals surface area contributed by atoms with Crippen LogP contribution in [0.4, 0.5) is 5.82 Å². The van der Waals surface area contributed by atoms with Crippen molar-refractivity contribution in [1.82, 2.24) is 35.6 Å². The highest BCUT2D eigenvalue weighted by Gasteiger charge is 2.26. The molecule has 5 rings (SSSR count). The van der Waals surface area contributed by atoms with E-state index in [-0.39, 0.29) is 17.3 Å². The van der Waals surface area contributed by atoms with Crippen molar-refractivity contribution >= 4 is 17.9 Å². The zero-order valence-corrected chi connectivity index (χ0v) is 21.5. The van der Waals surface area contributed by atoms with Gasteiger partial charge in [0.2, 0.25) is 11.6 Å². The number of rotatable bonds is 10. The number of hydrogen-bond acceptors (Lipinski definition) is 11. The minimum atomic E-state index is -0.527. The molecule has 39 heavy (non-hydrogen) atoms. The van der Waals surface area contributed by atoms with Crippen molar-refractivity contribution in [3.8, 4) is 17.3 Å². The fraction of sp³-hybridized carbons (Fsp3) is 0.308. The number of ether oxygens (including phenoxy) is 2. The van der Waals surface area contributed by atoms with Gasteiger partial charge in [0.15, 0.2) is 17.2 Å². The number of methoxy groups -OCH3 is 1. The SMILES string of the molecule is COc1cc(/C=N/NC(=O)c2c(CN3CCCCC3)nnn2-c2nonc2N)ccc1OCc1ccccc1. The maximum atomic E-state index is 13.3. The Morgan fingerprint density at radius 3 is 2.69 bits per heavy atom. The number of nitrogens with zero attached hydrogens (tertiary/aromatic N) is 7. The number of benzene rings is 2. The van der Waals surface area contributed by atoms with Crippen molar-refractivity contribution in [2.24, 2.45) is 5.10 Å². The van der Waals surface area contributed by atoms with Gasteiger partial charge in [-0.15, -0.1) is 5.10 Å². The smallest absolute Gasteiger partial charge is 0.292 e. The fourth-order valence-electron chi connectivity index (χ4n) is 4.30. The van der Waals surface area contributed by atoms with Crippen LogP contribution in [0, 0.1) is 0 Å². The predicted molar refractivity (Wildman–Crippen MR) is 142 cm³/mol. The average Bonchev–Trinajstić information content (AvgIpc) is 3.58. The lowest BCUT2D eigenvalue weighted by Gasteiger charge is -2.25. The van der Waals surface area contributed by atoms with E-state index in [0.717, 1.165) is 31.5 Å². The molecule has 3 heterocycles. The molecule has 1 saturated heterocycles. The third kappa shape index (κ3) is 6.21. The molecule has 0 spiro atoms. The van der Waals surface area contributed by atoms with Crippen LogP contribution in [0.2, 0.25) is 0 Å². The van der Waals surface area contributed by atoms with Crippen LogP contribution >= 0.6 is 0 Å². The predicted octanol–water partition coefficient (Wildman–Crippen LogP) is 2.57. The average molecular weight is 532 g/mol. The van der Waals surface area contributed by atoms with Gasteiger partial charge < -0.3 is 15.2 Å². The molecule has 0 aliphatic carbocycles. The summed E-state index contributed by atoms with van der Waals surface area (Å²) in [6, 6.07) is 15.2. The first-order valence-electron chi connectivity index (χ1n) is 12.6. The highest BCUT2D eigenvalue weighted by atomic mass is 16.6. The molecular weight excluding hydrogens is 502 g/mol. The van der Waals surface area contributed by atoms with Crippen LogP contribution in [0.25, 0.3) is 5.82 Å². The molecule has 2 aromatic carbocycles. The van der Waals surface area contributed by atoms with Crippen molar-refractivity contribution in [3.63, 3.8) is 0 Å². The highest BCUT2D eigenvalue weighted by molar-refractivity contribution is 5.95. The summed E-state index contributed by atoms with van der Waals surface area (Å²) in [5.74, 6) is 0.682. The molecule has 0 unspecified atom stereocenters. The Morgan fingerprint density at radius 1 is 1.13 bits per heavy atom. The van der Waals surface area contributed by atoms with E-state index in [1.165, 1.54) is 17.3 Å². The van der Waals surface area contributed by atoms with Gasteiger partial charge in [-0.1, -0.05) is 42.0 Å². The van der Waals surface area contributed by atoms with Gasteiger partial charge in [0, 0.05) is 6.54 Å². The molecule has 0 atom stereocenters. The van der Waals surface area contributed by atoms with Gasteiger partial charge in [0.05, 0.1) is 13.3 Å². The highest BCUT2D eigenvalue weighted by Crippen LogP contribution is 2.28. The number of amides is 1. The number of nitrogens with one attached hydrogen (secondary N) is 1. The molecule has 1 aliphatic heterocycles. The summed E-state index contributed by atoms with van der Waals surface area (Å²) in [5, 5.41) is 19.8. The third-order valence-corrected chi connectivity index (χ3v) is 6.28. The van der Waals surface area contributed by atoms with E-state index >= 15 is 0 Å². The molecular formula is C26H29N9O4. The topological polar surface area (TPSA) is 159 Å². The maximum absolute atomic E-state index is 13.3. The second kappa shape index (κ2) is 12.2. The fourth-order valence-corrected chi connectivity index (χ4v) is 4.30. The van der Waals surface area contributed by atoms with Crippen LogP contribution in [-0.2, 0) is 13.2 Å². The van der Waals surface area contributed by atoms with Crippen LogP contribution in [0.15, 0.2) is 58.3 Å². The Kier molecular flexibility index (Phi) is 8.07. The number of hydrogen-bond donors (Lipinski definition) is 2.